The molecule has 0 radical (unpaired) electrons. The van der Waals surface area contributed by atoms with Crippen molar-refractivity contribution in [1.82, 2.24) is 14.6 Å². The first-order chi connectivity index (χ1) is 11.6. The fourth-order valence-corrected chi connectivity index (χ4v) is 3.28. The Morgan fingerprint density at radius 1 is 1.29 bits per heavy atom. The van der Waals surface area contributed by atoms with Gasteiger partial charge < -0.3 is 13.9 Å². The zero-order chi connectivity index (χ0) is 16.8. The van der Waals surface area contributed by atoms with Gasteiger partial charge in [0.15, 0.2) is 5.76 Å². The van der Waals surface area contributed by atoms with E-state index in [-0.39, 0.29) is 0 Å². The van der Waals surface area contributed by atoms with Gasteiger partial charge in [-0.1, -0.05) is 11.3 Å². The van der Waals surface area contributed by atoms with E-state index in [0.29, 0.717) is 33.7 Å². The maximum atomic E-state index is 12.0. The number of nitrogens with zero attached hydrogens (tertiary/aromatic N) is 3. The summed E-state index contributed by atoms with van der Waals surface area (Å²) in [6.07, 6.45) is 1.80. The van der Waals surface area contributed by atoms with Gasteiger partial charge in [-0.3, -0.25) is 0 Å². The monoisotopic (exact) mass is 343 g/mol. The molecule has 122 valence electrons. The van der Waals surface area contributed by atoms with Crippen LogP contribution in [0.1, 0.15) is 15.4 Å². The average molecular weight is 343 g/mol. The number of ether oxygens (including phenoxy) is 2. The van der Waals surface area contributed by atoms with Crippen molar-refractivity contribution in [3.05, 3.63) is 35.0 Å². The maximum Gasteiger partial charge on any atom is 0.338 e. The molecule has 0 aliphatic rings. The Kier molecular flexibility index (Phi) is 3.27. The molecule has 4 rings (SSSR count). The molecule has 0 saturated heterocycles. The van der Waals surface area contributed by atoms with Gasteiger partial charge in [0.2, 0.25) is 4.96 Å². The van der Waals surface area contributed by atoms with Crippen molar-refractivity contribution in [2.24, 2.45) is 0 Å². The number of aryl methyl sites for hydroxylation is 1. The molecule has 24 heavy (non-hydrogen) atoms. The number of methoxy groups -OCH3 is 2. The minimum atomic E-state index is -0.450. The molecule has 0 spiro atoms. The number of rotatable bonds is 3. The van der Waals surface area contributed by atoms with Gasteiger partial charge in [-0.2, -0.15) is 5.10 Å². The highest BCUT2D eigenvalue weighted by molar-refractivity contribution is 7.16. The Balaban J connectivity index is 1.90. The van der Waals surface area contributed by atoms with Crippen molar-refractivity contribution in [2.45, 2.75) is 6.92 Å². The molecular formula is C16H13N3O4S. The molecule has 3 heterocycles. The molecule has 0 atom stereocenters. The van der Waals surface area contributed by atoms with Crippen molar-refractivity contribution < 1.29 is 18.7 Å². The van der Waals surface area contributed by atoms with E-state index in [4.69, 9.17) is 13.9 Å². The van der Waals surface area contributed by atoms with Crippen molar-refractivity contribution in [3.63, 3.8) is 0 Å². The zero-order valence-electron chi connectivity index (χ0n) is 13.2. The van der Waals surface area contributed by atoms with Crippen LogP contribution in [0.2, 0.25) is 0 Å². The molecule has 1 aromatic carbocycles. The van der Waals surface area contributed by atoms with Crippen molar-refractivity contribution in [2.75, 3.05) is 14.2 Å². The Bertz CT molecular complexity index is 1040. The lowest BCUT2D eigenvalue weighted by atomic mass is 10.1. The van der Waals surface area contributed by atoms with Gasteiger partial charge in [0.25, 0.3) is 0 Å². The molecule has 0 aliphatic heterocycles. The molecule has 0 saturated carbocycles. The van der Waals surface area contributed by atoms with Gasteiger partial charge in [-0.15, -0.1) is 0 Å². The number of aromatic nitrogens is 3. The molecule has 0 bridgehead atoms. The van der Waals surface area contributed by atoms with Gasteiger partial charge in [0.1, 0.15) is 22.0 Å². The highest BCUT2D eigenvalue weighted by atomic mass is 32.1. The van der Waals surface area contributed by atoms with Crippen LogP contribution >= 0.6 is 11.3 Å². The van der Waals surface area contributed by atoms with Gasteiger partial charge in [0, 0.05) is 11.5 Å². The minimum Gasteiger partial charge on any atom is -0.497 e. The highest BCUT2D eigenvalue weighted by Crippen LogP contribution is 2.33. The highest BCUT2D eigenvalue weighted by Gasteiger charge is 2.19. The van der Waals surface area contributed by atoms with Crippen LogP contribution in [0.4, 0.5) is 0 Å². The van der Waals surface area contributed by atoms with Crippen LogP contribution in [0.5, 0.6) is 5.75 Å². The first kappa shape index (κ1) is 14.7. The van der Waals surface area contributed by atoms with E-state index in [1.165, 1.54) is 25.6 Å². The van der Waals surface area contributed by atoms with Crippen LogP contribution in [-0.4, -0.2) is 34.8 Å². The quantitative estimate of drug-likeness (QED) is 0.531. The SMILES string of the molecule is COC(=O)c1cc(OC)cc2oc(-c3cn4nc(C)sc4n3)cc12. The van der Waals surface area contributed by atoms with Gasteiger partial charge in [0.05, 0.1) is 26.0 Å². The van der Waals surface area contributed by atoms with Crippen molar-refractivity contribution in [3.8, 4) is 17.2 Å². The summed E-state index contributed by atoms with van der Waals surface area (Å²) in [5.41, 5.74) is 1.57. The third-order valence-electron chi connectivity index (χ3n) is 3.65. The van der Waals surface area contributed by atoms with Crippen molar-refractivity contribution in [1.29, 1.82) is 0 Å². The number of imidazole rings is 1. The van der Waals surface area contributed by atoms with Gasteiger partial charge >= 0.3 is 5.97 Å². The summed E-state index contributed by atoms with van der Waals surface area (Å²) in [6, 6.07) is 5.14. The summed E-state index contributed by atoms with van der Waals surface area (Å²) in [4.78, 5) is 17.3. The molecule has 3 aromatic heterocycles. The lowest BCUT2D eigenvalue weighted by Gasteiger charge is -2.04. The number of benzene rings is 1. The predicted octanol–water partition coefficient (Wildman–Crippen LogP) is 3.31. The number of furan rings is 1. The molecule has 0 aliphatic carbocycles. The lowest BCUT2D eigenvalue weighted by molar-refractivity contribution is 0.0602. The minimum absolute atomic E-state index is 0.386. The summed E-state index contributed by atoms with van der Waals surface area (Å²) in [5, 5.41) is 5.92. The Morgan fingerprint density at radius 3 is 2.83 bits per heavy atom. The molecule has 0 unspecified atom stereocenters. The number of fused-ring (bicyclic) bond motifs is 2. The Labute approximate surface area is 140 Å². The van der Waals surface area contributed by atoms with Crippen LogP contribution in [0.15, 0.2) is 28.8 Å². The molecular weight excluding hydrogens is 330 g/mol. The summed E-state index contributed by atoms with van der Waals surface area (Å²) >= 11 is 1.50. The normalized spacial score (nSPS) is 11.3. The summed E-state index contributed by atoms with van der Waals surface area (Å²) in [6.45, 7) is 1.93. The fourth-order valence-electron chi connectivity index (χ4n) is 2.55. The lowest BCUT2D eigenvalue weighted by Crippen LogP contribution is -2.02. The summed E-state index contributed by atoms with van der Waals surface area (Å²) in [7, 11) is 2.87. The van der Waals surface area contributed by atoms with E-state index < -0.39 is 5.97 Å². The number of hydrogen-bond donors (Lipinski definition) is 0. The maximum absolute atomic E-state index is 12.0. The second-order valence-corrected chi connectivity index (χ2v) is 6.32. The largest absolute Gasteiger partial charge is 0.497 e. The fraction of sp³-hybridized carbons (Fsp3) is 0.188. The van der Waals surface area contributed by atoms with Crippen LogP contribution in [0, 0.1) is 6.92 Å². The summed E-state index contributed by atoms with van der Waals surface area (Å²) in [5.74, 6) is 0.625. The molecule has 0 amide bonds. The molecule has 4 aromatic rings. The third-order valence-corrected chi connectivity index (χ3v) is 4.49. The molecule has 0 fully saturated rings. The smallest absolute Gasteiger partial charge is 0.338 e. The third kappa shape index (κ3) is 2.23. The van der Waals surface area contributed by atoms with Crippen molar-refractivity contribution >= 4 is 33.2 Å². The van der Waals surface area contributed by atoms with E-state index in [1.54, 1.807) is 28.9 Å². The predicted molar refractivity (Wildman–Crippen MR) is 88.7 cm³/mol. The average Bonchev–Trinajstić information content (AvgIpc) is 3.24. The first-order valence-corrected chi connectivity index (χ1v) is 7.94. The zero-order valence-corrected chi connectivity index (χ0v) is 14.0. The second kappa shape index (κ2) is 5.34. The van der Waals surface area contributed by atoms with Gasteiger partial charge in [-0.25, -0.2) is 14.3 Å². The molecule has 0 N–H and O–H groups in total. The van der Waals surface area contributed by atoms with Crippen LogP contribution in [0.3, 0.4) is 0 Å². The van der Waals surface area contributed by atoms with E-state index in [1.807, 2.05) is 6.92 Å². The Hall–Kier alpha value is -2.87. The van der Waals surface area contributed by atoms with E-state index in [0.717, 1.165) is 9.97 Å². The summed E-state index contributed by atoms with van der Waals surface area (Å²) < 4.78 is 17.7. The van der Waals surface area contributed by atoms with E-state index in [2.05, 4.69) is 10.1 Å². The molecule has 8 heteroatoms. The van der Waals surface area contributed by atoms with Crippen LogP contribution in [-0.2, 0) is 4.74 Å². The standard InChI is InChI=1S/C16H13N3O4S/c1-8-18-19-7-12(17-16(19)24-8)14-6-10-11(15(20)22-3)4-9(21-2)5-13(10)23-14/h4-7H,1-3H3. The number of carbonyl (C=O) groups is 1. The second-order valence-electron chi connectivity index (χ2n) is 5.16. The van der Waals surface area contributed by atoms with E-state index in [9.17, 15) is 4.79 Å². The van der Waals surface area contributed by atoms with Crippen LogP contribution < -0.4 is 4.74 Å². The number of carbonyl (C=O) groups excluding carboxylic acids is 1. The van der Waals surface area contributed by atoms with E-state index >= 15 is 0 Å². The van der Waals surface area contributed by atoms with Gasteiger partial charge in [-0.05, 0) is 19.1 Å². The topological polar surface area (TPSA) is 78.9 Å². The number of esters is 1. The number of hydrogen-bond acceptors (Lipinski definition) is 7. The molecule has 7 nitrogen and oxygen atoms in total. The van der Waals surface area contributed by atoms with Crippen LogP contribution in [0.25, 0.3) is 27.4 Å². The Morgan fingerprint density at radius 2 is 2.12 bits per heavy atom. The first-order valence-electron chi connectivity index (χ1n) is 7.12.